The van der Waals surface area contributed by atoms with E-state index >= 15 is 0 Å². The van der Waals surface area contributed by atoms with E-state index in [4.69, 9.17) is 0 Å². The smallest absolute Gasteiger partial charge is 0.0541 e. The third kappa shape index (κ3) is 3.72. The lowest BCUT2D eigenvalue weighted by atomic mass is 10.0. The first-order chi connectivity index (χ1) is 22.3. The molecule has 45 heavy (non-hydrogen) atoms. The first-order valence-electron chi connectivity index (χ1n) is 15.3. The maximum Gasteiger partial charge on any atom is 0.0541 e. The van der Waals surface area contributed by atoms with E-state index in [1.165, 1.54) is 90.1 Å². The van der Waals surface area contributed by atoms with Crippen LogP contribution in [0.2, 0.25) is 0 Å². The molecule has 0 amide bonds. The number of aromatic nitrogens is 1. The predicted octanol–water partition coefficient (Wildman–Crippen LogP) is 12.9. The van der Waals surface area contributed by atoms with Gasteiger partial charge in [-0.2, -0.15) is 0 Å². The second kappa shape index (κ2) is 9.64. The molecule has 0 spiro atoms. The van der Waals surface area contributed by atoms with Crippen LogP contribution in [0.15, 0.2) is 152 Å². The van der Waals surface area contributed by atoms with Gasteiger partial charge in [-0.1, -0.05) is 109 Å². The van der Waals surface area contributed by atoms with Crippen molar-refractivity contribution in [2.24, 2.45) is 0 Å². The molecule has 0 aliphatic heterocycles. The van der Waals surface area contributed by atoms with Crippen LogP contribution >= 0.6 is 22.7 Å². The Hall–Kier alpha value is -5.22. The Labute approximate surface area is 267 Å². The highest BCUT2D eigenvalue weighted by molar-refractivity contribution is 7.27. The second-order valence-corrected chi connectivity index (χ2v) is 13.8. The minimum absolute atomic E-state index is 1.19. The van der Waals surface area contributed by atoms with Crippen molar-refractivity contribution < 1.29 is 0 Å². The first kappa shape index (κ1) is 25.1. The molecule has 0 atom stereocenters. The number of thiophene rings is 2. The van der Waals surface area contributed by atoms with E-state index in [0.29, 0.717) is 0 Å². The van der Waals surface area contributed by atoms with Crippen molar-refractivity contribution in [1.82, 2.24) is 4.57 Å². The number of para-hydroxylation sites is 1. The van der Waals surface area contributed by atoms with Crippen LogP contribution in [0, 0.1) is 0 Å². The Morgan fingerprint density at radius 1 is 0.356 bits per heavy atom. The van der Waals surface area contributed by atoms with Crippen molar-refractivity contribution in [3.8, 4) is 27.9 Å². The molecule has 3 heterocycles. The zero-order valence-corrected chi connectivity index (χ0v) is 25.8. The Morgan fingerprint density at radius 3 is 1.78 bits per heavy atom. The van der Waals surface area contributed by atoms with Crippen LogP contribution in [0.5, 0.6) is 0 Å². The van der Waals surface area contributed by atoms with Crippen molar-refractivity contribution in [3.05, 3.63) is 152 Å². The summed E-state index contributed by atoms with van der Waals surface area (Å²) >= 11 is 3.81. The molecule has 0 radical (unpaired) electrons. The molecule has 0 aliphatic rings. The summed E-state index contributed by atoms with van der Waals surface area (Å²) in [5.41, 5.74) is 8.77. The number of hydrogen-bond donors (Lipinski definition) is 0. The van der Waals surface area contributed by atoms with Crippen LogP contribution in [-0.2, 0) is 0 Å². The molecule has 0 bridgehead atoms. The lowest BCUT2D eigenvalue weighted by molar-refractivity contribution is 1.19. The van der Waals surface area contributed by atoms with Gasteiger partial charge in [0.25, 0.3) is 0 Å². The summed E-state index contributed by atoms with van der Waals surface area (Å²) in [4.78, 5) is 0. The van der Waals surface area contributed by atoms with E-state index in [0.717, 1.165) is 0 Å². The maximum absolute atomic E-state index is 2.43. The van der Waals surface area contributed by atoms with Crippen LogP contribution in [0.4, 0.5) is 0 Å². The summed E-state index contributed by atoms with van der Waals surface area (Å²) in [5.74, 6) is 0. The summed E-state index contributed by atoms with van der Waals surface area (Å²) in [6.45, 7) is 0. The molecule has 0 N–H and O–H groups in total. The highest BCUT2D eigenvalue weighted by Crippen LogP contribution is 2.46. The summed E-state index contributed by atoms with van der Waals surface area (Å²) in [5, 5.41) is 7.87. The van der Waals surface area contributed by atoms with Gasteiger partial charge in [-0.25, -0.2) is 0 Å². The SMILES string of the molecule is c1ccc(-c2ccc3c(c2)c2ccccc2n3-c2ccc3sc4c(-c5cccc6c5sc5ccccc56)cccc4c3c2)cc1. The zero-order valence-electron chi connectivity index (χ0n) is 24.2. The maximum atomic E-state index is 2.43. The zero-order chi connectivity index (χ0) is 29.5. The van der Waals surface area contributed by atoms with E-state index in [1.54, 1.807) is 0 Å². The standard InChI is InChI=1S/C42H25NS2/c1-2-10-26(11-3-1)27-20-22-38-35(24-27)29-12-4-6-18-37(29)43(38)28-21-23-40-36(25-28)34-17-9-16-33(42(34)45-40)32-15-8-14-31-30-13-5-7-19-39(30)44-41(31)32/h1-25H. The highest BCUT2D eigenvalue weighted by Gasteiger charge is 2.17. The summed E-state index contributed by atoms with van der Waals surface area (Å²) in [6, 6.07) is 55.7. The monoisotopic (exact) mass is 607 g/mol. The Bertz CT molecular complexity index is 2760. The Morgan fingerprint density at radius 2 is 0.978 bits per heavy atom. The van der Waals surface area contributed by atoms with Crippen LogP contribution in [0.25, 0.3) is 90.1 Å². The molecule has 10 rings (SSSR count). The summed E-state index contributed by atoms with van der Waals surface area (Å²) < 4.78 is 7.81. The molecule has 7 aromatic carbocycles. The van der Waals surface area contributed by atoms with E-state index in [-0.39, 0.29) is 0 Å². The second-order valence-electron chi connectivity index (χ2n) is 11.7. The highest BCUT2D eigenvalue weighted by atomic mass is 32.1. The fourth-order valence-corrected chi connectivity index (χ4v) is 9.60. The minimum atomic E-state index is 1.19. The summed E-state index contributed by atoms with van der Waals surface area (Å²) in [6.07, 6.45) is 0. The van der Waals surface area contributed by atoms with E-state index in [2.05, 4.69) is 156 Å². The van der Waals surface area contributed by atoms with Crippen LogP contribution in [0.1, 0.15) is 0 Å². The third-order valence-electron chi connectivity index (χ3n) is 9.21. The average Bonchev–Trinajstić information content (AvgIpc) is 3.77. The molecule has 1 nitrogen and oxygen atoms in total. The van der Waals surface area contributed by atoms with Crippen LogP contribution in [0.3, 0.4) is 0 Å². The van der Waals surface area contributed by atoms with Gasteiger partial charge in [-0.3, -0.25) is 0 Å². The molecule has 3 heteroatoms. The van der Waals surface area contributed by atoms with Crippen molar-refractivity contribution in [3.63, 3.8) is 0 Å². The van der Waals surface area contributed by atoms with Crippen LogP contribution < -0.4 is 0 Å². The quantitative estimate of drug-likeness (QED) is 0.188. The molecule has 3 aromatic heterocycles. The fourth-order valence-electron chi connectivity index (χ4n) is 7.16. The van der Waals surface area contributed by atoms with E-state index < -0.39 is 0 Å². The number of hydrogen-bond acceptors (Lipinski definition) is 2. The fraction of sp³-hybridized carbons (Fsp3) is 0. The van der Waals surface area contributed by atoms with Gasteiger partial charge < -0.3 is 4.57 Å². The molecule has 0 saturated carbocycles. The molecule has 0 saturated heterocycles. The van der Waals surface area contributed by atoms with Crippen LogP contribution in [-0.4, -0.2) is 4.57 Å². The van der Waals surface area contributed by atoms with Gasteiger partial charge in [-0.15, -0.1) is 22.7 Å². The van der Waals surface area contributed by atoms with Gasteiger partial charge in [0, 0.05) is 67.9 Å². The van der Waals surface area contributed by atoms with Crippen molar-refractivity contribution in [2.45, 2.75) is 0 Å². The Kier molecular flexibility index (Phi) is 5.39. The minimum Gasteiger partial charge on any atom is -0.309 e. The predicted molar refractivity (Wildman–Crippen MR) is 197 cm³/mol. The average molecular weight is 608 g/mol. The number of nitrogens with zero attached hydrogens (tertiary/aromatic N) is 1. The van der Waals surface area contributed by atoms with Crippen molar-refractivity contribution >= 4 is 84.8 Å². The topological polar surface area (TPSA) is 4.93 Å². The molecule has 10 aromatic rings. The van der Waals surface area contributed by atoms with Gasteiger partial charge in [-0.05, 0) is 53.6 Å². The lowest BCUT2D eigenvalue weighted by Gasteiger charge is -2.09. The number of benzene rings is 7. The number of rotatable bonds is 3. The molecular formula is C42H25NS2. The van der Waals surface area contributed by atoms with Gasteiger partial charge >= 0.3 is 0 Å². The summed E-state index contributed by atoms with van der Waals surface area (Å²) in [7, 11) is 0. The largest absolute Gasteiger partial charge is 0.309 e. The number of fused-ring (bicyclic) bond motifs is 9. The van der Waals surface area contributed by atoms with E-state index in [9.17, 15) is 0 Å². The van der Waals surface area contributed by atoms with Crippen molar-refractivity contribution in [2.75, 3.05) is 0 Å². The first-order valence-corrected chi connectivity index (χ1v) is 16.9. The molecular weight excluding hydrogens is 583 g/mol. The van der Waals surface area contributed by atoms with Gasteiger partial charge in [0.1, 0.15) is 0 Å². The molecule has 0 fully saturated rings. The van der Waals surface area contributed by atoms with E-state index in [1.807, 2.05) is 22.7 Å². The molecule has 0 unspecified atom stereocenters. The molecule has 0 aliphatic carbocycles. The molecule has 210 valence electrons. The normalized spacial score (nSPS) is 12.0. The van der Waals surface area contributed by atoms with Gasteiger partial charge in [0.15, 0.2) is 0 Å². The van der Waals surface area contributed by atoms with Crippen molar-refractivity contribution in [1.29, 1.82) is 0 Å². The lowest BCUT2D eigenvalue weighted by Crippen LogP contribution is -1.93. The van der Waals surface area contributed by atoms with Gasteiger partial charge in [0.2, 0.25) is 0 Å². The third-order valence-corrected chi connectivity index (χ3v) is 11.7. The Balaban J connectivity index is 1.19. The van der Waals surface area contributed by atoms with Gasteiger partial charge in [0.05, 0.1) is 11.0 Å².